The van der Waals surface area contributed by atoms with Gasteiger partial charge in [-0.05, 0) is 154 Å². The highest BCUT2D eigenvalue weighted by molar-refractivity contribution is 6.08. The van der Waals surface area contributed by atoms with Crippen LogP contribution in [0.2, 0.25) is 0 Å². The van der Waals surface area contributed by atoms with Crippen molar-refractivity contribution in [1.29, 1.82) is 0 Å². The second-order valence-corrected chi connectivity index (χ2v) is 34.4. The van der Waals surface area contributed by atoms with Crippen LogP contribution in [-0.4, -0.2) is 116 Å². The van der Waals surface area contributed by atoms with Crippen molar-refractivity contribution in [2.45, 2.75) is 122 Å². The van der Waals surface area contributed by atoms with Crippen LogP contribution in [0.15, 0.2) is 180 Å². The number of rotatable bonds is 15. The molecule has 4 bridgehead atoms. The Kier molecular flexibility index (Phi) is 19.5. The van der Waals surface area contributed by atoms with Gasteiger partial charge in [0, 0.05) is 164 Å². The third-order valence-electron chi connectivity index (χ3n) is 25.6. The van der Waals surface area contributed by atoms with Crippen molar-refractivity contribution in [3.05, 3.63) is 263 Å². The quantitative estimate of drug-likeness (QED) is 0.0165. The molecule has 1 saturated heterocycles. The summed E-state index contributed by atoms with van der Waals surface area (Å²) in [5, 5.41) is 32.2. The van der Waals surface area contributed by atoms with Crippen molar-refractivity contribution in [3.63, 3.8) is 0 Å². The maximum Gasteiger partial charge on any atom is 0.340 e. The van der Waals surface area contributed by atoms with Crippen LogP contribution in [0, 0.1) is 33.6 Å². The molecule has 7 aliphatic heterocycles. The molecule has 0 unspecified atom stereocenters. The molecular formula is C97H72N6O30. The van der Waals surface area contributed by atoms with Gasteiger partial charge in [0.25, 0.3) is 5.56 Å². The number of H-pyrrole nitrogens is 1. The normalized spacial score (nSPS) is 21.8. The number of aliphatic hydroxyl groups excluding tert-OH is 2. The summed E-state index contributed by atoms with van der Waals surface area (Å²) in [5.41, 5.74) is -14.4. The number of aromatic amines is 1. The standard InChI is InChI=1S/C97H72N6O30/c1-45(105)121-55-10-19-67-74(30-55)127-75-31-56(122-46(2)106)11-20-68(75)95(67)64-16-7-52(27-61(64)83(113)131-95)99-87(117)92-39-91(86(116)98-26-25-51-37-103(90(120)102-82(51)112)81-36-73(111)80(38-104)130-81)40-93(42-92,88(118)100-53-8-17-65-62(28-53)84(114)132-96(65)69-21-12-57(123-47(3)107)32-76(69)128-77-33-58(124-48(4)108)13-22-70(77)96)44-94(41-91,43-92)89(119)101-54-9-18-66-63(29-54)85(115)133-97(66)71-23-14-59(125-49(5)109)34-78(71)129-79-35-60(126-50(6)110)15-24-72(79)97/h7-24,27-35,37,73,80-81,104,111H,36,38-44H2,1-6H3,(H,98,116)(H,99,117)(H,100,118)(H,101,119)(H,102,112,120)/t73-,80+,81+,91?,92?,93?,94?/m0/s1. The maximum atomic E-state index is 16.7. The van der Waals surface area contributed by atoms with E-state index in [1.165, 1.54) is 205 Å². The smallest absolute Gasteiger partial charge is 0.340 e. The zero-order chi connectivity index (χ0) is 93.2. The lowest BCUT2D eigenvalue weighted by Crippen LogP contribution is -2.70. The number of carbonyl (C=O) groups is 13. The number of esters is 9. The van der Waals surface area contributed by atoms with Gasteiger partial charge in [-0.15, -0.1) is 0 Å². The number of nitrogens with one attached hydrogen (secondary N) is 5. The van der Waals surface area contributed by atoms with Gasteiger partial charge in [0.15, 0.2) is 16.8 Å². The number of benzene rings is 9. The Morgan fingerprint density at radius 3 is 0.947 bits per heavy atom. The molecule has 9 aromatic carbocycles. The van der Waals surface area contributed by atoms with Crippen molar-refractivity contribution >= 4 is 94.4 Å². The molecule has 4 aliphatic carbocycles. The van der Waals surface area contributed by atoms with Gasteiger partial charge in [0.2, 0.25) is 23.6 Å². The van der Waals surface area contributed by atoms with Crippen molar-refractivity contribution in [3.8, 4) is 81.0 Å². The van der Waals surface area contributed by atoms with Crippen LogP contribution in [0.4, 0.5) is 17.1 Å². The summed E-state index contributed by atoms with van der Waals surface area (Å²) < 4.78 is 78.0. The van der Waals surface area contributed by atoms with E-state index in [2.05, 4.69) is 38.2 Å². The van der Waals surface area contributed by atoms with Crippen LogP contribution in [-0.2, 0) is 83.7 Å². The van der Waals surface area contributed by atoms with E-state index in [1.807, 2.05) is 0 Å². The van der Waals surface area contributed by atoms with Gasteiger partial charge in [-0.2, -0.15) is 0 Å². The number of ether oxygens (including phenoxy) is 13. The van der Waals surface area contributed by atoms with E-state index in [-0.39, 0.29) is 159 Å². The van der Waals surface area contributed by atoms with E-state index in [9.17, 15) is 63.0 Å². The fourth-order valence-electron chi connectivity index (χ4n) is 21.2. The SMILES string of the molecule is CC(=O)Oc1ccc2c(c1)Oc1cc(OC(C)=O)ccc1C21OC(=O)c2cc(NC(=O)C34CC5(C(=O)NC#Cc6cn([C@H]7C[C@H](O)[C@@H](CO)O7)c(=O)[nH]c6=O)CC(C(=O)Nc6ccc7c(c6)C(=O)OC76c7ccc(OC(C)=O)cc7Oc7cc(OC(C)=O)ccc76)(C3)CC(C(=O)Nc3ccc6c(c3)C(=O)OC63c6ccc(OC(C)=O)cc6Oc6cc(OC(C)=O)ccc63)(C5)C4)ccc21. The number of amides is 4. The molecule has 36 nitrogen and oxygen atoms in total. The molecule has 8 heterocycles. The van der Waals surface area contributed by atoms with Crippen LogP contribution in [0.5, 0.6) is 69.0 Å². The highest BCUT2D eigenvalue weighted by atomic mass is 16.6. The minimum atomic E-state index is -2.05. The molecule has 0 radical (unpaired) electrons. The van der Waals surface area contributed by atoms with Crippen molar-refractivity contribution < 1.29 is 134 Å². The summed E-state index contributed by atoms with van der Waals surface area (Å²) in [6, 6.07) is 42.0. The average molecular weight is 1800 g/mol. The Bertz CT molecular complexity index is 6440. The van der Waals surface area contributed by atoms with Crippen LogP contribution >= 0.6 is 0 Å². The molecule has 10 aromatic rings. The first kappa shape index (κ1) is 84.8. The highest BCUT2D eigenvalue weighted by Crippen LogP contribution is 2.75. The van der Waals surface area contributed by atoms with E-state index in [1.54, 1.807) is 0 Å². The first-order valence-electron chi connectivity index (χ1n) is 41.7. The second kappa shape index (κ2) is 30.6. The number of anilines is 3. The summed E-state index contributed by atoms with van der Waals surface area (Å²) in [6.45, 7) is 6.56. The Morgan fingerprint density at radius 1 is 0.398 bits per heavy atom. The number of hydrogen-bond donors (Lipinski definition) is 7. The van der Waals surface area contributed by atoms with Crippen molar-refractivity contribution in [1.82, 2.24) is 14.9 Å². The molecule has 3 atom stereocenters. The molecule has 4 amide bonds. The summed E-state index contributed by atoms with van der Waals surface area (Å²) in [7, 11) is 0. The van der Waals surface area contributed by atoms with Gasteiger partial charge in [-0.1, -0.05) is 18.2 Å². The third kappa shape index (κ3) is 13.7. The lowest BCUT2D eigenvalue weighted by Gasteiger charge is -2.67. The third-order valence-corrected chi connectivity index (χ3v) is 25.6. The van der Waals surface area contributed by atoms with Gasteiger partial charge in [-0.25, -0.2) is 19.2 Å². The minimum absolute atomic E-state index is 0.0479. The zero-order valence-corrected chi connectivity index (χ0v) is 70.8. The number of aliphatic hydroxyl groups is 2. The highest BCUT2D eigenvalue weighted by Gasteiger charge is 2.76. The van der Waals surface area contributed by atoms with E-state index in [0.29, 0.717) is 0 Å². The molecule has 133 heavy (non-hydrogen) atoms. The second-order valence-electron chi connectivity index (χ2n) is 34.4. The zero-order valence-electron chi connectivity index (χ0n) is 70.8. The van der Waals surface area contributed by atoms with Crippen molar-refractivity contribution in [2.75, 3.05) is 22.6 Å². The molecule has 1 aromatic heterocycles. The first-order chi connectivity index (χ1) is 63.5. The Labute approximate surface area is 749 Å². The van der Waals surface area contributed by atoms with Gasteiger partial charge < -0.3 is 87.7 Å². The van der Waals surface area contributed by atoms with E-state index >= 15 is 19.2 Å². The maximum absolute atomic E-state index is 16.7. The lowest BCUT2D eigenvalue weighted by atomic mass is 9.34. The van der Waals surface area contributed by atoms with E-state index in [4.69, 9.17) is 61.6 Å². The number of aromatic nitrogens is 2. The first-order valence-corrected chi connectivity index (χ1v) is 41.7. The van der Waals surface area contributed by atoms with Gasteiger partial charge in [-0.3, -0.25) is 67.6 Å². The molecule has 5 fully saturated rings. The number of nitrogens with zero attached hydrogens (tertiary/aromatic N) is 1. The summed E-state index contributed by atoms with van der Waals surface area (Å²) in [5.74, 6) is -7.06. The number of fused-ring (bicyclic) bond motifs is 18. The van der Waals surface area contributed by atoms with Gasteiger partial charge in [0.1, 0.15) is 86.9 Å². The topological polar surface area (TPSA) is 485 Å². The summed E-state index contributed by atoms with van der Waals surface area (Å²) >= 11 is 0. The van der Waals surface area contributed by atoms with Crippen LogP contribution in [0.1, 0.15) is 179 Å². The lowest BCUT2D eigenvalue weighted by molar-refractivity contribution is -0.202. The molecular weight excluding hydrogens is 1730 g/mol. The molecule has 4 saturated carbocycles. The predicted molar refractivity (Wildman–Crippen MR) is 453 cm³/mol. The van der Waals surface area contributed by atoms with Crippen LogP contribution < -0.4 is 75.1 Å². The molecule has 3 spiro atoms. The average Bonchev–Trinajstić information content (AvgIpc) is 1.57. The fraction of sp³-hybridized carbons (Fsp3) is 0.247. The van der Waals surface area contributed by atoms with Crippen molar-refractivity contribution in [2.24, 2.45) is 21.7 Å². The largest absolute Gasteiger partial charge is 0.456 e. The monoisotopic (exact) mass is 1800 g/mol. The molecule has 7 N–H and O–H groups in total. The fourth-order valence-corrected chi connectivity index (χ4v) is 21.2. The molecule has 21 rings (SSSR count). The van der Waals surface area contributed by atoms with Gasteiger partial charge in [0.05, 0.1) is 51.1 Å². The van der Waals surface area contributed by atoms with Crippen LogP contribution in [0.3, 0.4) is 0 Å². The summed E-state index contributed by atoms with van der Waals surface area (Å²) in [4.78, 5) is 214. The Balaban J connectivity index is 0.716. The number of hydrogen-bond acceptors (Lipinski definition) is 30. The molecule has 11 aliphatic rings. The van der Waals surface area contributed by atoms with Crippen LogP contribution in [0.25, 0.3) is 0 Å². The minimum Gasteiger partial charge on any atom is -0.456 e. The predicted octanol–water partition coefficient (Wildman–Crippen LogP) is 10.1. The summed E-state index contributed by atoms with van der Waals surface area (Å²) in [6.07, 6.45) is -5.37. The Morgan fingerprint density at radius 2 is 0.677 bits per heavy atom. The van der Waals surface area contributed by atoms with Gasteiger partial charge >= 0.3 is 59.4 Å². The molecule has 36 heteroatoms. The molecule has 670 valence electrons. The number of carbonyl (C=O) groups excluding carboxylic acids is 13. The van der Waals surface area contributed by atoms with E-state index in [0.717, 1.165) is 10.8 Å². The Hall–Kier alpha value is -16.4. The van der Waals surface area contributed by atoms with E-state index < -0.39 is 196 Å².